The maximum atomic E-state index is 13.4. The highest BCUT2D eigenvalue weighted by Crippen LogP contribution is 2.31. The van der Waals surface area contributed by atoms with Gasteiger partial charge in [-0.2, -0.15) is 0 Å². The van der Waals surface area contributed by atoms with E-state index in [-0.39, 0.29) is 24.2 Å². The summed E-state index contributed by atoms with van der Waals surface area (Å²) in [6, 6.07) is 13.9. The third-order valence-electron chi connectivity index (χ3n) is 6.99. The number of sulfonamides is 1. The molecule has 9 nitrogen and oxygen atoms in total. The van der Waals surface area contributed by atoms with Gasteiger partial charge in [-0.15, -0.1) is 0 Å². The number of nitrogens with one attached hydrogen (secondary N) is 1. The molecule has 0 bridgehead atoms. The summed E-state index contributed by atoms with van der Waals surface area (Å²) in [7, 11) is -3.78. The Morgan fingerprint density at radius 2 is 1.81 bits per heavy atom. The predicted molar refractivity (Wildman–Crippen MR) is 146 cm³/mol. The first-order valence-electron chi connectivity index (χ1n) is 12.4. The molecule has 1 N–H and O–H groups in total. The number of benzene rings is 2. The summed E-state index contributed by atoms with van der Waals surface area (Å²) in [4.78, 5) is 19.8. The van der Waals surface area contributed by atoms with E-state index < -0.39 is 10.0 Å². The molecular weight excluding hydrogens is 514 g/mol. The number of nitrogens with zero attached hydrogens (tertiary/aromatic N) is 4. The van der Waals surface area contributed by atoms with E-state index >= 15 is 0 Å². The van der Waals surface area contributed by atoms with Crippen molar-refractivity contribution in [1.29, 1.82) is 0 Å². The van der Waals surface area contributed by atoms with E-state index in [2.05, 4.69) is 19.7 Å². The number of carbonyl (C=O) groups excluding carboxylic acids is 1. The van der Waals surface area contributed by atoms with Crippen molar-refractivity contribution in [2.45, 2.75) is 37.6 Å². The summed E-state index contributed by atoms with van der Waals surface area (Å²) in [6.07, 6.45) is 1.97. The van der Waals surface area contributed by atoms with Crippen LogP contribution in [0.15, 0.2) is 57.9 Å². The fourth-order valence-electron chi connectivity index (χ4n) is 5.02. The number of fused-ring (bicyclic) bond motifs is 1. The molecule has 198 valence electrons. The summed E-state index contributed by atoms with van der Waals surface area (Å²) in [6.45, 7) is 7.10. The maximum Gasteiger partial charge on any atom is 0.264 e. The van der Waals surface area contributed by atoms with Gasteiger partial charge in [0.2, 0.25) is 11.8 Å². The number of aryl methyl sites for hydroxylation is 2. The molecule has 5 rings (SSSR count). The van der Waals surface area contributed by atoms with Crippen LogP contribution in [-0.2, 0) is 21.2 Å². The van der Waals surface area contributed by atoms with Gasteiger partial charge >= 0.3 is 0 Å². The normalized spacial score (nSPS) is 16.9. The number of hydrogen-bond acceptors (Lipinski definition) is 7. The number of piperazine rings is 1. The van der Waals surface area contributed by atoms with Crippen molar-refractivity contribution < 1.29 is 19.2 Å². The minimum atomic E-state index is -3.78. The highest BCUT2D eigenvalue weighted by Gasteiger charge is 2.31. The molecule has 1 atom stereocenters. The number of rotatable bonds is 6. The van der Waals surface area contributed by atoms with Gasteiger partial charge in [0.05, 0.1) is 10.6 Å². The molecule has 0 saturated carbocycles. The summed E-state index contributed by atoms with van der Waals surface area (Å²) in [5.41, 5.74) is 3.79. The van der Waals surface area contributed by atoms with Gasteiger partial charge in [-0.3, -0.25) is 4.79 Å². The largest absolute Gasteiger partial charge is 0.368 e. The second-order valence-corrected chi connectivity index (χ2v) is 11.6. The second kappa shape index (κ2) is 10.3. The lowest BCUT2D eigenvalue weighted by atomic mass is 10.00. The van der Waals surface area contributed by atoms with E-state index in [9.17, 15) is 13.2 Å². The molecule has 2 aliphatic heterocycles. The summed E-state index contributed by atoms with van der Waals surface area (Å²) in [5, 5.41) is 4.42. The quantitative estimate of drug-likeness (QED) is 0.496. The van der Waals surface area contributed by atoms with Crippen LogP contribution in [0.3, 0.4) is 0 Å². The van der Waals surface area contributed by atoms with Crippen molar-refractivity contribution in [1.82, 2.24) is 10.1 Å². The minimum absolute atomic E-state index is 0. The SMILES string of the molecule is Cc1cc(NS(=O)(=O)c2ccc(N3CCN(C(=O)[C@@H](C)N4CCCc5cc(Cl)ccc54)CC3)cc2)on1.[HH]. The molecule has 37 heavy (non-hydrogen) atoms. The summed E-state index contributed by atoms with van der Waals surface area (Å²) < 4.78 is 32.6. The van der Waals surface area contributed by atoms with Crippen molar-refractivity contribution in [3.8, 4) is 0 Å². The molecule has 3 aromatic rings. The zero-order valence-corrected chi connectivity index (χ0v) is 22.4. The second-order valence-electron chi connectivity index (χ2n) is 9.49. The number of amides is 1. The van der Waals surface area contributed by atoms with Crippen LogP contribution in [0, 0.1) is 6.92 Å². The Kier molecular flexibility index (Phi) is 7.04. The van der Waals surface area contributed by atoms with E-state index in [1.54, 1.807) is 31.2 Å². The average Bonchev–Trinajstić information content (AvgIpc) is 3.31. The van der Waals surface area contributed by atoms with Gasteiger partial charge in [0.25, 0.3) is 10.0 Å². The van der Waals surface area contributed by atoms with Crippen LogP contribution < -0.4 is 14.5 Å². The summed E-state index contributed by atoms with van der Waals surface area (Å²) >= 11 is 6.18. The van der Waals surface area contributed by atoms with Gasteiger partial charge in [-0.25, -0.2) is 13.1 Å². The highest BCUT2D eigenvalue weighted by atomic mass is 35.5. The van der Waals surface area contributed by atoms with E-state index in [1.807, 2.05) is 30.0 Å². The van der Waals surface area contributed by atoms with Gasteiger partial charge in [-0.05, 0) is 74.7 Å². The Hall–Kier alpha value is -3.24. The molecule has 2 aromatic carbocycles. The van der Waals surface area contributed by atoms with Crippen LogP contribution in [0.1, 0.15) is 26.0 Å². The molecule has 1 fully saturated rings. The third kappa shape index (κ3) is 5.40. The van der Waals surface area contributed by atoms with Crippen molar-refractivity contribution in [3.63, 3.8) is 0 Å². The Morgan fingerprint density at radius 1 is 1.08 bits per heavy atom. The van der Waals surface area contributed by atoms with Gasteiger partial charge < -0.3 is 19.2 Å². The zero-order valence-electron chi connectivity index (χ0n) is 20.9. The lowest BCUT2D eigenvalue weighted by molar-refractivity contribution is -0.132. The van der Waals surface area contributed by atoms with Crippen LogP contribution in [0.4, 0.5) is 17.3 Å². The topological polar surface area (TPSA) is 99.0 Å². The first kappa shape index (κ1) is 25.4. The number of aromatic nitrogens is 1. The first-order chi connectivity index (χ1) is 17.7. The molecule has 1 aromatic heterocycles. The molecule has 0 aliphatic carbocycles. The van der Waals surface area contributed by atoms with E-state index in [0.29, 0.717) is 31.9 Å². The van der Waals surface area contributed by atoms with Crippen LogP contribution in [0.25, 0.3) is 0 Å². The molecule has 0 radical (unpaired) electrons. The van der Waals surface area contributed by atoms with Gasteiger partial charge in [0.15, 0.2) is 0 Å². The van der Waals surface area contributed by atoms with Crippen LogP contribution in [0.2, 0.25) is 5.02 Å². The number of halogens is 1. The maximum absolute atomic E-state index is 13.4. The molecule has 3 heterocycles. The Morgan fingerprint density at radius 3 is 2.49 bits per heavy atom. The van der Waals surface area contributed by atoms with E-state index in [4.69, 9.17) is 16.1 Å². The number of anilines is 3. The van der Waals surface area contributed by atoms with Crippen molar-refractivity contribution in [3.05, 3.63) is 64.8 Å². The standard InChI is InChI=1S/C26H30ClN5O4S.H2/c1-18-16-25(36-28-18)29-37(34,35)23-8-6-22(7-9-23)30-12-14-31(15-13-30)26(33)19(2)32-11-3-4-20-17-21(27)5-10-24(20)32;/h5-10,16-17,19,29H,3-4,11-15H2,1-2H3;1H/t19-;/m1./s1. The van der Waals surface area contributed by atoms with Gasteiger partial charge in [0.1, 0.15) is 6.04 Å². The molecule has 2 aliphatic rings. The average molecular weight is 546 g/mol. The van der Waals surface area contributed by atoms with Crippen LogP contribution in [-0.4, -0.2) is 63.1 Å². The van der Waals surface area contributed by atoms with Crippen LogP contribution in [0.5, 0.6) is 0 Å². The Bertz CT molecular complexity index is 1390. The number of carbonyl (C=O) groups is 1. The lowest BCUT2D eigenvalue weighted by Crippen LogP contribution is -2.55. The predicted octanol–water partition coefficient (Wildman–Crippen LogP) is 4.17. The monoisotopic (exact) mass is 545 g/mol. The molecule has 0 spiro atoms. The molecule has 0 unspecified atom stereocenters. The van der Waals surface area contributed by atoms with E-state index in [1.165, 1.54) is 11.6 Å². The van der Waals surface area contributed by atoms with Crippen molar-refractivity contribution in [2.75, 3.05) is 47.2 Å². The van der Waals surface area contributed by atoms with Gasteiger partial charge in [-0.1, -0.05) is 16.8 Å². The smallest absolute Gasteiger partial charge is 0.264 e. The molecular formula is C26H32ClN5O4S. The van der Waals surface area contributed by atoms with E-state index in [0.717, 1.165) is 35.8 Å². The highest BCUT2D eigenvalue weighted by molar-refractivity contribution is 7.92. The fourth-order valence-corrected chi connectivity index (χ4v) is 6.19. The van der Waals surface area contributed by atoms with Gasteiger partial charge in [0, 0.05) is 56.6 Å². The molecule has 1 saturated heterocycles. The fraction of sp³-hybridized carbons (Fsp3) is 0.385. The Labute approximate surface area is 223 Å². The Balaban J connectivity index is 0.00000336. The van der Waals surface area contributed by atoms with Crippen LogP contribution >= 0.6 is 11.6 Å². The molecule has 1 amide bonds. The molecule has 11 heteroatoms. The lowest BCUT2D eigenvalue weighted by Gasteiger charge is -2.41. The third-order valence-corrected chi connectivity index (χ3v) is 8.59. The number of hydrogen-bond donors (Lipinski definition) is 1. The first-order valence-corrected chi connectivity index (χ1v) is 14.2. The van der Waals surface area contributed by atoms with Crippen molar-refractivity contribution in [2.24, 2.45) is 0 Å². The summed E-state index contributed by atoms with van der Waals surface area (Å²) in [5.74, 6) is 0.200. The minimum Gasteiger partial charge on any atom is -0.368 e. The van der Waals surface area contributed by atoms with Crippen molar-refractivity contribution >= 4 is 44.8 Å². The zero-order chi connectivity index (χ0) is 26.2.